The van der Waals surface area contributed by atoms with Crippen molar-refractivity contribution in [3.8, 4) is 0 Å². The van der Waals surface area contributed by atoms with E-state index in [9.17, 15) is 14.0 Å². The maximum absolute atomic E-state index is 13.0. The minimum absolute atomic E-state index is 0.0790. The van der Waals surface area contributed by atoms with Crippen LogP contribution in [0.3, 0.4) is 0 Å². The number of amides is 1. The number of aromatic nitrogens is 1. The third-order valence-electron chi connectivity index (χ3n) is 2.51. The molecule has 0 bridgehead atoms. The molecule has 1 amide bonds. The Balaban J connectivity index is 2.06. The largest absolute Gasteiger partial charge is 0.478 e. The lowest BCUT2D eigenvalue weighted by Gasteiger charge is -2.07. The average Bonchev–Trinajstić information content (AvgIpc) is 2.71. The third kappa shape index (κ3) is 3.45. The van der Waals surface area contributed by atoms with Crippen LogP contribution < -0.4 is 5.32 Å². The molecule has 0 aliphatic heterocycles. The van der Waals surface area contributed by atoms with Crippen LogP contribution in [0.15, 0.2) is 41.1 Å². The standard InChI is InChI=1S/C13H10BrFN2O3/c14-11-4-8(13(19)20)6-17(11)7-12(18)16-10-3-1-2-9(15)5-10/h1-6H,7H2,(H,16,18)(H,19,20). The number of carbonyl (C=O) groups is 2. The second-order valence-corrected chi connectivity index (χ2v) is 4.86. The van der Waals surface area contributed by atoms with Crippen LogP contribution in [0.4, 0.5) is 10.1 Å². The number of carbonyl (C=O) groups excluding carboxylic acids is 1. The number of hydrogen-bond acceptors (Lipinski definition) is 2. The number of aromatic carboxylic acids is 1. The molecule has 5 nitrogen and oxygen atoms in total. The van der Waals surface area contributed by atoms with Crippen LogP contribution in [0.25, 0.3) is 0 Å². The third-order valence-corrected chi connectivity index (χ3v) is 3.20. The first kappa shape index (κ1) is 14.3. The maximum Gasteiger partial charge on any atom is 0.337 e. The Bertz CT molecular complexity index is 669. The summed E-state index contributed by atoms with van der Waals surface area (Å²) in [5.41, 5.74) is 0.423. The molecule has 0 aliphatic rings. The van der Waals surface area contributed by atoms with Gasteiger partial charge in [-0.05, 0) is 40.2 Å². The van der Waals surface area contributed by atoms with E-state index in [1.54, 1.807) is 6.07 Å². The molecule has 0 aliphatic carbocycles. The maximum atomic E-state index is 13.0. The van der Waals surface area contributed by atoms with E-state index in [1.165, 1.54) is 35.0 Å². The molecule has 2 aromatic rings. The van der Waals surface area contributed by atoms with Crippen LogP contribution in [-0.4, -0.2) is 21.6 Å². The number of benzene rings is 1. The lowest BCUT2D eigenvalue weighted by molar-refractivity contribution is -0.116. The number of rotatable bonds is 4. The van der Waals surface area contributed by atoms with Crippen molar-refractivity contribution in [2.75, 3.05) is 5.32 Å². The fraction of sp³-hybridized carbons (Fsp3) is 0.0769. The first-order valence-corrected chi connectivity index (χ1v) is 6.39. The number of anilines is 1. The highest BCUT2D eigenvalue weighted by molar-refractivity contribution is 9.10. The van der Waals surface area contributed by atoms with E-state index in [4.69, 9.17) is 5.11 Å². The summed E-state index contributed by atoms with van der Waals surface area (Å²) >= 11 is 3.17. The zero-order chi connectivity index (χ0) is 14.7. The lowest BCUT2D eigenvalue weighted by atomic mass is 10.3. The van der Waals surface area contributed by atoms with E-state index in [0.29, 0.717) is 10.3 Å². The molecule has 0 spiro atoms. The number of nitrogens with one attached hydrogen (secondary N) is 1. The summed E-state index contributed by atoms with van der Waals surface area (Å²) in [4.78, 5) is 22.6. The fourth-order valence-corrected chi connectivity index (χ4v) is 2.11. The van der Waals surface area contributed by atoms with Gasteiger partial charge in [-0.15, -0.1) is 0 Å². The van der Waals surface area contributed by atoms with Gasteiger partial charge in [0.2, 0.25) is 5.91 Å². The Morgan fingerprint density at radius 3 is 2.70 bits per heavy atom. The molecule has 1 aromatic heterocycles. The first-order chi connectivity index (χ1) is 9.45. The molecule has 104 valence electrons. The Morgan fingerprint density at radius 2 is 2.10 bits per heavy atom. The Labute approximate surface area is 122 Å². The number of nitrogens with zero attached hydrogens (tertiary/aromatic N) is 1. The summed E-state index contributed by atoms with van der Waals surface area (Å²) in [5.74, 6) is -1.91. The summed E-state index contributed by atoms with van der Waals surface area (Å²) in [6.45, 7) is -0.0790. The highest BCUT2D eigenvalue weighted by Crippen LogP contribution is 2.16. The molecule has 1 aromatic carbocycles. The number of halogens is 2. The molecule has 7 heteroatoms. The van der Waals surface area contributed by atoms with Crippen LogP contribution in [0.5, 0.6) is 0 Å². The van der Waals surface area contributed by atoms with Gasteiger partial charge < -0.3 is 15.0 Å². The van der Waals surface area contributed by atoms with Crippen LogP contribution >= 0.6 is 15.9 Å². The van der Waals surface area contributed by atoms with E-state index in [2.05, 4.69) is 21.2 Å². The average molecular weight is 341 g/mol. The molecule has 20 heavy (non-hydrogen) atoms. The van der Waals surface area contributed by atoms with Crippen molar-refractivity contribution in [3.63, 3.8) is 0 Å². The van der Waals surface area contributed by atoms with E-state index in [0.717, 1.165) is 0 Å². The van der Waals surface area contributed by atoms with Crippen molar-refractivity contribution in [2.24, 2.45) is 0 Å². The van der Waals surface area contributed by atoms with E-state index < -0.39 is 11.8 Å². The lowest BCUT2D eigenvalue weighted by Crippen LogP contribution is -2.18. The van der Waals surface area contributed by atoms with Gasteiger partial charge in [0.15, 0.2) is 0 Å². The van der Waals surface area contributed by atoms with Crippen LogP contribution in [0.2, 0.25) is 0 Å². The normalized spacial score (nSPS) is 10.3. The van der Waals surface area contributed by atoms with E-state index in [-0.39, 0.29) is 18.0 Å². The highest BCUT2D eigenvalue weighted by atomic mass is 79.9. The zero-order valence-electron chi connectivity index (χ0n) is 10.1. The van der Waals surface area contributed by atoms with Gasteiger partial charge in [-0.1, -0.05) is 6.07 Å². The molecule has 2 N–H and O–H groups in total. The fourth-order valence-electron chi connectivity index (χ4n) is 1.64. The molecule has 0 unspecified atom stereocenters. The van der Waals surface area contributed by atoms with Gasteiger partial charge in [0, 0.05) is 11.9 Å². The summed E-state index contributed by atoms with van der Waals surface area (Å²) in [6.07, 6.45) is 1.34. The van der Waals surface area contributed by atoms with E-state index >= 15 is 0 Å². The summed E-state index contributed by atoms with van der Waals surface area (Å²) in [5, 5.41) is 11.4. The molecular formula is C13H10BrFN2O3. The SMILES string of the molecule is O=C(Cn1cc(C(=O)O)cc1Br)Nc1cccc(F)c1. The minimum atomic E-state index is -1.07. The highest BCUT2D eigenvalue weighted by Gasteiger charge is 2.12. The minimum Gasteiger partial charge on any atom is -0.478 e. The topological polar surface area (TPSA) is 71.3 Å². The molecule has 2 rings (SSSR count). The molecule has 0 fully saturated rings. The Hall–Kier alpha value is -2.15. The van der Waals surface area contributed by atoms with Crippen molar-refractivity contribution in [1.29, 1.82) is 0 Å². The number of hydrogen-bond donors (Lipinski definition) is 2. The van der Waals surface area contributed by atoms with Gasteiger partial charge in [-0.2, -0.15) is 0 Å². The number of carboxylic acid groups (broad SMARTS) is 1. The monoisotopic (exact) mass is 340 g/mol. The molecule has 0 atom stereocenters. The number of carboxylic acids is 1. The van der Waals surface area contributed by atoms with Crippen molar-refractivity contribution >= 4 is 33.5 Å². The van der Waals surface area contributed by atoms with Crippen molar-refractivity contribution in [2.45, 2.75) is 6.54 Å². The van der Waals surface area contributed by atoms with Gasteiger partial charge in [-0.25, -0.2) is 9.18 Å². The van der Waals surface area contributed by atoms with Crippen molar-refractivity contribution in [3.05, 3.63) is 52.5 Å². The van der Waals surface area contributed by atoms with Crippen molar-refractivity contribution in [1.82, 2.24) is 4.57 Å². The molecule has 1 heterocycles. The first-order valence-electron chi connectivity index (χ1n) is 5.60. The molecule has 0 saturated heterocycles. The van der Waals surface area contributed by atoms with Gasteiger partial charge in [0.05, 0.1) is 10.2 Å². The predicted octanol–water partition coefficient (Wildman–Crippen LogP) is 2.73. The molecule has 0 radical (unpaired) electrons. The summed E-state index contributed by atoms with van der Waals surface area (Å²) < 4.78 is 14.9. The van der Waals surface area contributed by atoms with E-state index in [1.807, 2.05) is 0 Å². The van der Waals surface area contributed by atoms with Crippen LogP contribution in [0, 0.1) is 5.82 Å². The summed E-state index contributed by atoms with van der Waals surface area (Å²) in [6, 6.07) is 6.92. The zero-order valence-corrected chi connectivity index (χ0v) is 11.7. The Kier molecular flexibility index (Phi) is 4.19. The predicted molar refractivity (Wildman–Crippen MR) is 74.1 cm³/mol. The molecular weight excluding hydrogens is 331 g/mol. The van der Waals surface area contributed by atoms with Crippen molar-refractivity contribution < 1.29 is 19.1 Å². The van der Waals surface area contributed by atoms with Gasteiger partial charge >= 0.3 is 5.97 Å². The van der Waals surface area contributed by atoms with Crippen LogP contribution in [0.1, 0.15) is 10.4 Å². The van der Waals surface area contributed by atoms with Gasteiger partial charge in [-0.3, -0.25) is 4.79 Å². The van der Waals surface area contributed by atoms with Gasteiger partial charge in [0.25, 0.3) is 0 Å². The quantitative estimate of drug-likeness (QED) is 0.898. The second-order valence-electron chi connectivity index (χ2n) is 4.04. The Morgan fingerprint density at radius 1 is 1.35 bits per heavy atom. The van der Waals surface area contributed by atoms with Crippen LogP contribution in [-0.2, 0) is 11.3 Å². The smallest absolute Gasteiger partial charge is 0.337 e. The second kappa shape index (κ2) is 5.87. The summed E-state index contributed by atoms with van der Waals surface area (Å²) in [7, 11) is 0. The van der Waals surface area contributed by atoms with Gasteiger partial charge in [0.1, 0.15) is 12.4 Å². The molecule has 0 saturated carbocycles.